The average Bonchev–Trinajstić information content (AvgIpc) is 2.32. The Morgan fingerprint density at radius 1 is 1.35 bits per heavy atom. The first-order valence-corrected chi connectivity index (χ1v) is 6.79. The Morgan fingerprint density at radius 2 is 1.95 bits per heavy atom. The molecular weight excluding hydrogens is 303 g/mol. The maximum Gasteiger partial charge on any atom is 0.305 e. The summed E-state index contributed by atoms with van der Waals surface area (Å²) >= 11 is 12.0. The van der Waals surface area contributed by atoms with Crippen molar-refractivity contribution in [3.05, 3.63) is 22.2 Å². The number of carboxylic acids is 1. The van der Waals surface area contributed by atoms with Crippen molar-refractivity contribution in [2.45, 2.75) is 25.8 Å². The topological polar surface area (TPSA) is 69.6 Å². The highest BCUT2D eigenvalue weighted by Crippen LogP contribution is 2.40. The highest BCUT2D eigenvalue weighted by Gasteiger charge is 2.38. The van der Waals surface area contributed by atoms with Crippen LogP contribution in [-0.4, -0.2) is 29.1 Å². The second-order valence-corrected chi connectivity index (χ2v) is 5.95. The van der Waals surface area contributed by atoms with Crippen LogP contribution in [0.4, 0.5) is 11.4 Å². The molecule has 1 aliphatic heterocycles. The predicted octanol–water partition coefficient (Wildman–Crippen LogP) is 3.01. The highest BCUT2D eigenvalue weighted by atomic mass is 35.5. The SMILES string of the molecule is CC1(C)Nc2cc(Cl)c(Cl)cc2N(CCC(=O)O)C1=O. The molecule has 108 valence electrons. The molecular formula is C13H14Cl2N2O3. The zero-order chi connectivity index (χ0) is 15.1. The van der Waals surface area contributed by atoms with Crippen molar-refractivity contribution >= 4 is 46.5 Å². The first-order valence-electron chi connectivity index (χ1n) is 6.03. The molecule has 20 heavy (non-hydrogen) atoms. The number of nitrogens with one attached hydrogen (secondary N) is 1. The van der Waals surface area contributed by atoms with E-state index in [2.05, 4.69) is 5.32 Å². The van der Waals surface area contributed by atoms with E-state index >= 15 is 0 Å². The molecule has 0 atom stereocenters. The molecule has 2 rings (SSSR count). The Morgan fingerprint density at radius 3 is 2.55 bits per heavy atom. The number of carbonyl (C=O) groups excluding carboxylic acids is 1. The summed E-state index contributed by atoms with van der Waals surface area (Å²) in [7, 11) is 0. The third-order valence-electron chi connectivity index (χ3n) is 3.11. The van der Waals surface area contributed by atoms with Crippen molar-refractivity contribution in [3.8, 4) is 0 Å². The van der Waals surface area contributed by atoms with Gasteiger partial charge in [-0.05, 0) is 26.0 Å². The number of halogens is 2. The van der Waals surface area contributed by atoms with Gasteiger partial charge in [0, 0.05) is 6.54 Å². The Kier molecular flexibility index (Phi) is 3.84. The summed E-state index contributed by atoms with van der Waals surface area (Å²) in [6.45, 7) is 3.55. The molecule has 5 nitrogen and oxygen atoms in total. The molecule has 1 aliphatic rings. The number of hydrogen-bond acceptors (Lipinski definition) is 3. The van der Waals surface area contributed by atoms with Gasteiger partial charge in [-0.15, -0.1) is 0 Å². The van der Waals surface area contributed by atoms with Crippen LogP contribution in [0.5, 0.6) is 0 Å². The first kappa shape index (κ1) is 14.9. The lowest BCUT2D eigenvalue weighted by Gasteiger charge is -2.40. The lowest BCUT2D eigenvalue weighted by molar-refractivity contribution is -0.136. The summed E-state index contributed by atoms with van der Waals surface area (Å²) in [5.41, 5.74) is 0.377. The molecule has 1 amide bonds. The van der Waals surface area contributed by atoms with Crippen LogP contribution in [-0.2, 0) is 9.59 Å². The van der Waals surface area contributed by atoms with Gasteiger partial charge < -0.3 is 15.3 Å². The van der Waals surface area contributed by atoms with Crippen LogP contribution in [0, 0.1) is 0 Å². The van der Waals surface area contributed by atoms with Crippen molar-refractivity contribution in [1.29, 1.82) is 0 Å². The van der Waals surface area contributed by atoms with Gasteiger partial charge in [0.15, 0.2) is 0 Å². The van der Waals surface area contributed by atoms with Gasteiger partial charge in [0.2, 0.25) is 0 Å². The molecule has 2 N–H and O–H groups in total. The highest BCUT2D eigenvalue weighted by molar-refractivity contribution is 6.42. The molecule has 0 aromatic heterocycles. The zero-order valence-electron chi connectivity index (χ0n) is 11.0. The van der Waals surface area contributed by atoms with Crippen molar-refractivity contribution in [3.63, 3.8) is 0 Å². The minimum Gasteiger partial charge on any atom is -0.481 e. The first-order chi connectivity index (χ1) is 9.22. The minimum absolute atomic E-state index is 0.0875. The normalized spacial score (nSPS) is 16.6. The fourth-order valence-corrected chi connectivity index (χ4v) is 2.45. The van der Waals surface area contributed by atoms with Gasteiger partial charge in [-0.2, -0.15) is 0 Å². The number of anilines is 2. The number of hydrogen-bond donors (Lipinski definition) is 2. The van der Waals surface area contributed by atoms with Crippen LogP contribution in [0.2, 0.25) is 10.0 Å². The van der Waals surface area contributed by atoms with Gasteiger partial charge in [0.05, 0.1) is 27.8 Å². The van der Waals surface area contributed by atoms with E-state index in [1.807, 2.05) is 0 Å². The van der Waals surface area contributed by atoms with Gasteiger partial charge in [0.25, 0.3) is 5.91 Å². The zero-order valence-corrected chi connectivity index (χ0v) is 12.5. The van der Waals surface area contributed by atoms with Crippen molar-refractivity contribution < 1.29 is 14.7 Å². The Bertz CT molecular complexity index is 587. The van der Waals surface area contributed by atoms with Gasteiger partial charge in [-0.1, -0.05) is 23.2 Å². The average molecular weight is 317 g/mol. The molecule has 7 heteroatoms. The Hall–Kier alpha value is -1.46. The van der Waals surface area contributed by atoms with E-state index in [4.69, 9.17) is 28.3 Å². The lowest BCUT2D eigenvalue weighted by Crippen LogP contribution is -2.54. The van der Waals surface area contributed by atoms with E-state index in [-0.39, 0.29) is 18.9 Å². The summed E-state index contributed by atoms with van der Waals surface area (Å²) in [6.07, 6.45) is -0.137. The third kappa shape index (κ3) is 2.69. The lowest BCUT2D eigenvalue weighted by atomic mass is 9.98. The molecule has 0 saturated carbocycles. The Labute approximate surface area is 126 Å². The van der Waals surface area contributed by atoms with Crippen LogP contribution in [0.3, 0.4) is 0 Å². The van der Waals surface area contributed by atoms with Crippen LogP contribution in [0.15, 0.2) is 12.1 Å². The fraction of sp³-hybridized carbons (Fsp3) is 0.385. The number of amides is 1. The summed E-state index contributed by atoms with van der Waals surface area (Å²) in [5.74, 6) is -1.17. The second-order valence-electron chi connectivity index (χ2n) is 5.13. The quantitative estimate of drug-likeness (QED) is 0.899. The number of carboxylic acid groups (broad SMARTS) is 1. The van der Waals surface area contributed by atoms with Crippen LogP contribution in [0.25, 0.3) is 0 Å². The van der Waals surface area contributed by atoms with Gasteiger partial charge in [0.1, 0.15) is 5.54 Å². The number of nitrogens with zero attached hydrogens (tertiary/aromatic N) is 1. The van der Waals surface area contributed by atoms with E-state index in [1.165, 1.54) is 4.90 Å². The number of aliphatic carboxylic acids is 1. The molecule has 1 heterocycles. The Balaban J connectivity index is 2.47. The predicted molar refractivity (Wildman–Crippen MR) is 78.8 cm³/mol. The minimum atomic E-state index is -0.962. The van der Waals surface area contributed by atoms with Crippen molar-refractivity contribution in [2.75, 3.05) is 16.8 Å². The smallest absolute Gasteiger partial charge is 0.305 e. The molecule has 0 radical (unpaired) electrons. The molecule has 1 aromatic carbocycles. The maximum atomic E-state index is 12.4. The molecule has 0 fully saturated rings. The van der Waals surface area contributed by atoms with Crippen molar-refractivity contribution in [2.24, 2.45) is 0 Å². The maximum absolute atomic E-state index is 12.4. The second kappa shape index (κ2) is 5.14. The molecule has 0 spiro atoms. The van der Waals surface area contributed by atoms with Crippen LogP contribution in [0.1, 0.15) is 20.3 Å². The van der Waals surface area contributed by atoms with Gasteiger partial charge >= 0.3 is 5.97 Å². The van der Waals surface area contributed by atoms with E-state index in [0.29, 0.717) is 21.4 Å². The summed E-state index contributed by atoms with van der Waals surface area (Å²) in [5, 5.41) is 12.6. The molecule has 0 saturated heterocycles. The molecule has 0 aliphatic carbocycles. The third-order valence-corrected chi connectivity index (χ3v) is 3.83. The number of carbonyl (C=O) groups is 2. The summed E-state index contributed by atoms with van der Waals surface area (Å²) in [4.78, 5) is 24.6. The standard InChI is InChI=1S/C13H14Cl2N2O3/c1-13(2)12(20)17(4-3-11(18)19)10-6-8(15)7(14)5-9(10)16-13/h5-6,16H,3-4H2,1-2H3,(H,18,19). The fourth-order valence-electron chi connectivity index (χ4n) is 2.13. The number of benzene rings is 1. The molecule has 1 aromatic rings. The van der Waals surface area contributed by atoms with E-state index in [0.717, 1.165) is 0 Å². The van der Waals surface area contributed by atoms with Crippen LogP contribution < -0.4 is 10.2 Å². The largest absolute Gasteiger partial charge is 0.481 e. The number of fused-ring (bicyclic) bond motifs is 1. The van der Waals surface area contributed by atoms with Gasteiger partial charge in [-0.25, -0.2) is 0 Å². The van der Waals surface area contributed by atoms with Crippen molar-refractivity contribution in [1.82, 2.24) is 0 Å². The number of rotatable bonds is 3. The van der Waals surface area contributed by atoms with Gasteiger partial charge in [-0.3, -0.25) is 9.59 Å². The van der Waals surface area contributed by atoms with E-state index in [9.17, 15) is 9.59 Å². The molecule has 0 unspecified atom stereocenters. The van der Waals surface area contributed by atoms with E-state index in [1.54, 1.807) is 26.0 Å². The summed E-state index contributed by atoms with van der Waals surface area (Å²) in [6, 6.07) is 3.21. The monoisotopic (exact) mass is 316 g/mol. The van der Waals surface area contributed by atoms with E-state index < -0.39 is 11.5 Å². The van der Waals surface area contributed by atoms with Crippen LogP contribution >= 0.6 is 23.2 Å². The molecule has 0 bridgehead atoms. The summed E-state index contributed by atoms with van der Waals surface area (Å²) < 4.78 is 0.